The van der Waals surface area contributed by atoms with Gasteiger partial charge >= 0.3 is 0 Å². The van der Waals surface area contributed by atoms with E-state index in [0.29, 0.717) is 0 Å². The molecule has 3 heteroatoms. The van der Waals surface area contributed by atoms with Crippen molar-refractivity contribution < 1.29 is 0 Å². The van der Waals surface area contributed by atoms with Crippen molar-refractivity contribution in [3.8, 4) is 0 Å². The highest BCUT2D eigenvalue weighted by atomic mass is 15.0. The number of hydrogen-bond acceptors (Lipinski definition) is 2. The van der Waals surface area contributed by atoms with Crippen LogP contribution in [-0.4, -0.2) is 9.38 Å². The number of imidazole rings is 1. The fourth-order valence-corrected chi connectivity index (χ4v) is 2.15. The van der Waals surface area contributed by atoms with E-state index in [1.807, 2.05) is 41.7 Å². The van der Waals surface area contributed by atoms with Crippen molar-refractivity contribution in [2.75, 3.05) is 5.73 Å². The second-order valence-electron chi connectivity index (χ2n) is 4.50. The number of anilines is 1. The average molecular weight is 237 g/mol. The highest BCUT2D eigenvalue weighted by molar-refractivity contribution is 5.53. The fraction of sp³-hybridized carbons (Fsp3) is 0.133. The Bertz CT molecular complexity index is 684. The van der Waals surface area contributed by atoms with Crippen LogP contribution in [0.3, 0.4) is 0 Å². The quantitative estimate of drug-likeness (QED) is 0.744. The van der Waals surface area contributed by atoms with Crippen molar-refractivity contribution in [2.45, 2.75) is 13.3 Å². The van der Waals surface area contributed by atoms with Gasteiger partial charge in [0.1, 0.15) is 5.65 Å². The molecule has 0 fully saturated rings. The van der Waals surface area contributed by atoms with E-state index in [1.165, 1.54) is 5.56 Å². The van der Waals surface area contributed by atoms with Crippen LogP contribution in [0.1, 0.15) is 17.0 Å². The molecule has 0 spiro atoms. The molecule has 0 aliphatic rings. The van der Waals surface area contributed by atoms with Gasteiger partial charge in [-0.2, -0.15) is 0 Å². The molecule has 0 amide bonds. The summed E-state index contributed by atoms with van der Waals surface area (Å²) in [7, 11) is 0. The minimum Gasteiger partial charge on any atom is -0.397 e. The maximum absolute atomic E-state index is 5.90. The van der Waals surface area contributed by atoms with Crippen LogP contribution >= 0.6 is 0 Å². The van der Waals surface area contributed by atoms with Gasteiger partial charge in [0.25, 0.3) is 0 Å². The molecule has 3 nitrogen and oxygen atoms in total. The minimum atomic E-state index is 0.797. The molecule has 0 radical (unpaired) electrons. The second kappa shape index (κ2) is 4.18. The molecular formula is C15H15N3. The molecule has 2 aromatic heterocycles. The summed E-state index contributed by atoms with van der Waals surface area (Å²) in [6.45, 7) is 2.01. The standard InChI is InChI=1S/C15H15N3/c1-11-14(16)7-8-15-17-13(10-18(11)15)9-12-5-3-2-4-6-12/h2-8,10H,9,16H2,1H3. The Labute approximate surface area is 106 Å². The van der Waals surface area contributed by atoms with Gasteiger partial charge in [-0.3, -0.25) is 0 Å². The summed E-state index contributed by atoms with van der Waals surface area (Å²) in [4.78, 5) is 4.62. The second-order valence-corrected chi connectivity index (χ2v) is 4.50. The smallest absolute Gasteiger partial charge is 0.137 e. The predicted octanol–water partition coefficient (Wildman–Crippen LogP) is 2.82. The third kappa shape index (κ3) is 1.84. The van der Waals surface area contributed by atoms with Gasteiger partial charge in [0.05, 0.1) is 11.4 Å². The van der Waals surface area contributed by atoms with Gasteiger partial charge in [-0.05, 0) is 24.6 Å². The number of nitrogens with zero attached hydrogens (tertiary/aromatic N) is 2. The number of pyridine rings is 1. The zero-order valence-electron chi connectivity index (χ0n) is 10.3. The Morgan fingerprint density at radius 1 is 1.11 bits per heavy atom. The van der Waals surface area contributed by atoms with Crippen molar-refractivity contribution in [1.82, 2.24) is 9.38 Å². The lowest BCUT2D eigenvalue weighted by Crippen LogP contribution is -1.96. The van der Waals surface area contributed by atoms with E-state index in [2.05, 4.69) is 23.3 Å². The molecule has 90 valence electrons. The van der Waals surface area contributed by atoms with Crippen molar-refractivity contribution in [3.63, 3.8) is 0 Å². The van der Waals surface area contributed by atoms with Crippen LogP contribution < -0.4 is 5.73 Å². The number of aromatic nitrogens is 2. The molecule has 18 heavy (non-hydrogen) atoms. The summed E-state index contributed by atoms with van der Waals surface area (Å²) in [5.74, 6) is 0. The number of benzene rings is 1. The normalized spacial score (nSPS) is 10.9. The van der Waals surface area contributed by atoms with Crippen molar-refractivity contribution >= 4 is 11.3 Å². The number of nitrogens with two attached hydrogens (primary N) is 1. The first-order valence-corrected chi connectivity index (χ1v) is 6.01. The van der Waals surface area contributed by atoms with Crippen LogP contribution in [0.4, 0.5) is 5.69 Å². The van der Waals surface area contributed by atoms with Gasteiger partial charge in [-0.15, -0.1) is 0 Å². The van der Waals surface area contributed by atoms with Gasteiger partial charge in [0.2, 0.25) is 0 Å². The first kappa shape index (κ1) is 10.8. The van der Waals surface area contributed by atoms with Crippen LogP contribution in [0, 0.1) is 6.92 Å². The number of rotatable bonds is 2. The van der Waals surface area contributed by atoms with Crippen LogP contribution in [0.5, 0.6) is 0 Å². The molecule has 0 saturated heterocycles. The number of aryl methyl sites for hydroxylation is 1. The molecule has 0 atom stereocenters. The molecule has 1 aromatic carbocycles. The van der Waals surface area contributed by atoms with Gasteiger partial charge in [0, 0.05) is 18.3 Å². The van der Waals surface area contributed by atoms with Crippen molar-refractivity contribution in [2.24, 2.45) is 0 Å². The Morgan fingerprint density at radius 2 is 1.89 bits per heavy atom. The monoisotopic (exact) mass is 237 g/mol. The zero-order chi connectivity index (χ0) is 12.5. The SMILES string of the molecule is Cc1c(N)ccc2nc(Cc3ccccc3)cn12. The van der Waals surface area contributed by atoms with E-state index in [-0.39, 0.29) is 0 Å². The van der Waals surface area contributed by atoms with Gasteiger partial charge < -0.3 is 10.1 Å². The largest absolute Gasteiger partial charge is 0.397 e. The summed E-state index contributed by atoms with van der Waals surface area (Å²) >= 11 is 0. The van der Waals surface area contributed by atoms with Crippen LogP contribution in [0.25, 0.3) is 5.65 Å². The fourth-order valence-electron chi connectivity index (χ4n) is 2.15. The summed E-state index contributed by atoms with van der Waals surface area (Å²) in [5, 5.41) is 0. The third-order valence-corrected chi connectivity index (χ3v) is 3.20. The Balaban J connectivity index is 2.02. The molecule has 3 aromatic rings. The van der Waals surface area contributed by atoms with Gasteiger partial charge in [-0.1, -0.05) is 30.3 Å². The van der Waals surface area contributed by atoms with E-state index in [4.69, 9.17) is 5.73 Å². The van der Waals surface area contributed by atoms with Gasteiger partial charge in [-0.25, -0.2) is 4.98 Å². The van der Waals surface area contributed by atoms with Crippen LogP contribution in [0.15, 0.2) is 48.7 Å². The third-order valence-electron chi connectivity index (χ3n) is 3.20. The topological polar surface area (TPSA) is 43.3 Å². The minimum absolute atomic E-state index is 0.797. The molecule has 2 heterocycles. The Kier molecular flexibility index (Phi) is 2.52. The number of fused-ring (bicyclic) bond motifs is 1. The molecule has 0 aliphatic heterocycles. The maximum Gasteiger partial charge on any atom is 0.137 e. The highest BCUT2D eigenvalue weighted by Gasteiger charge is 2.05. The molecule has 0 bridgehead atoms. The lowest BCUT2D eigenvalue weighted by atomic mass is 10.1. The van der Waals surface area contributed by atoms with E-state index in [1.54, 1.807) is 0 Å². The van der Waals surface area contributed by atoms with Crippen molar-refractivity contribution in [1.29, 1.82) is 0 Å². The van der Waals surface area contributed by atoms with Crippen LogP contribution in [-0.2, 0) is 6.42 Å². The average Bonchev–Trinajstić information content (AvgIpc) is 2.79. The highest BCUT2D eigenvalue weighted by Crippen LogP contribution is 2.16. The molecule has 3 rings (SSSR count). The first-order valence-electron chi connectivity index (χ1n) is 6.01. The lowest BCUT2D eigenvalue weighted by Gasteiger charge is -2.01. The summed E-state index contributed by atoms with van der Waals surface area (Å²) in [5.41, 5.74) is 11.0. The molecule has 0 saturated carbocycles. The van der Waals surface area contributed by atoms with E-state index >= 15 is 0 Å². The van der Waals surface area contributed by atoms with Crippen molar-refractivity contribution in [3.05, 3.63) is 65.6 Å². The maximum atomic E-state index is 5.90. The van der Waals surface area contributed by atoms with Gasteiger partial charge in [0.15, 0.2) is 0 Å². The van der Waals surface area contributed by atoms with E-state index in [0.717, 1.165) is 29.1 Å². The predicted molar refractivity (Wildman–Crippen MR) is 73.6 cm³/mol. The van der Waals surface area contributed by atoms with E-state index < -0.39 is 0 Å². The summed E-state index contributed by atoms with van der Waals surface area (Å²) < 4.78 is 2.05. The van der Waals surface area contributed by atoms with E-state index in [9.17, 15) is 0 Å². The number of nitrogen functional groups attached to an aromatic ring is 1. The number of hydrogen-bond donors (Lipinski definition) is 1. The molecule has 2 N–H and O–H groups in total. The molecule has 0 aliphatic carbocycles. The summed E-state index contributed by atoms with van der Waals surface area (Å²) in [6, 6.07) is 14.2. The molecule has 0 unspecified atom stereocenters. The Hall–Kier alpha value is -2.29. The molecular weight excluding hydrogens is 222 g/mol. The zero-order valence-corrected chi connectivity index (χ0v) is 10.3. The first-order chi connectivity index (χ1) is 8.74. The Morgan fingerprint density at radius 3 is 2.67 bits per heavy atom. The summed E-state index contributed by atoms with van der Waals surface area (Å²) in [6.07, 6.45) is 2.91. The lowest BCUT2D eigenvalue weighted by molar-refractivity contribution is 1.08. The van der Waals surface area contributed by atoms with Crippen LogP contribution in [0.2, 0.25) is 0 Å².